The van der Waals surface area contributed by atoms with E-state index < -0.39 is 17.8 Å². The minimum atomic E-state index is -4.38. The smallest absolute Gasteiger partial charge is 0.416 e. The Bertz CT molecular complexity index is 1270. The Balaban J connectivity index is 1.68. The van der Waals surface area contributed by atoms with Gasteiger partial charge in [-0.15, -0.1) is 0 Å². The van der Waals surface area contributed by atoms with Crippen molar-refractivity contribution in [1.82, 2.24) is 9.97 Å². The van der Waals surface area contributed by atoms with Crippen molar-refractivity contribution in [2.75, 3.05) is 11.9 Å². The molecule has 0 bridgehead atoms. The number of nitrogens with one attached hydrogen (secondary N) is 1. The summed E-state index contributed by atoms with van der Waals surface area (Å²) < 4.78 is 44.7. The zero-order chi connectivity index (χ0) is 25.3. The molecule has 2 aromatic carbocycles. The molecule has 6 nitrogen and oxygen atoms in total. The number of alkyl halides is 3. The summed E-state index contributed by atoms with van der Waals surface area (Å²) in [5.74, 6) is 0.785. The van der Waals surface area contributed by atoms with Crippen LogP contribution in [0.1, 0.15) is 60.3 Å². The molecule has 1 aromatic heterocycles. The molecule has 0 saturated heterocycles. The molecule has 1 N–H and O–H groups in total. The minimum absolute atomic E-state index is 0.0778. The van der Waals surface area contributed by atoms with Gasteiger partial charge in [0.15, 0.2) is 17.4 Å². The number of benzene rings is 2. The van der Waals surface area contributed by atoms with Crippen molar-refractivity contribution in [3.8, 4) is 17.1 Å². The third kappa shape index (κ3) is 5.34. The molecule has 2 heterocycles. The van der Waals surface area contributed by atoms with Gasteiger partial charge in [0.25, 0.3) is 0 Å². The number of carbonyl (C=O) groups is 2. The second kappa shape index (κ2) is 9.48. The van der Waals surface area contributed by atoms with E-state index in [1.807, 2.05) is 6.07 Å². The highest BCUT2D eigenvalue weighted by atomic mass is 19.4. The summed E-state index contributed by atoms with van der Waals surface area (Å²) >= 11 is 0. The molecule has 2 atom stereocenters. The summed E-state index contributed by atoms with van der Waals surface area (Å²) in [4.78, 5) is 32.5. The number of carbonyl (C=O) groups excluding carboxylic acids is 2. The first-order chi connectivity index (χ1) is 16.5. The van der Waals surface area contributed by atoms with Gasteiger partial charge in [-0.05, 0) is 44.0 Å². The third-order valence-electron chi connectivity index (χ3n) is 6.01. The average molecular weight is 483 g/mol. The van der Waals surface area contributed by atoms with Crippen molar-refractivity contribution in [3.63, 3.8) is 0 Å². The Morgan fingerprint density at radius 3 is 2.40 bits per heavy atom. The Kier molecular flexibility index (Phi) is 6.60. The topological polar surface area (TPSA) is 81.2 Å². The van der Waals surface area contributed by atoms with Crippen LogP contribution < -0.4 is 10.1 Å². The van der Waals surface area contributed by atoms with E-state index in [4.69, 9.17) is 4.74 Å². The van der Waals surface area contributed by atoms with Gasteiger partial charge in [0.1, 0.15) is 17.3 Å². The number of aromatic nitrogens is 2. The van der Waals surface area contributed by atoms with Gasteiger partial charge in [-0.25, -0.2) is 9.97 Å². The van der Waals surface area contributed by atoms with Crippen LogP contribution in [0.25, 0.3) is 11.4 Å². The monoisotopic (exact) mass is 483 g/mol. The fraction of sp³-hybridized carbons (Fsp3) is 0.308. The van der Waals surface area contributed by atoms with Crippen molar-refractivity contribution < 1.29 is 27.5 Å². The normalized spacial score (nSPS) is 16.1. The Morgan fingerprint density at radius 1 is 1.06 bits per heavy atom. The molecule has 2 unspecified atom stereocenters. The van der Waals surface area contributed by atoms with Gasteiger partial charge in [-0.3, -0.25) is 9.59 Å². The van der Waals surface area contributed by atoms with Gasteiger partial charge in [0.05, 0.1) is 18.2 Å². The standard InChI is InChI=1S/C26H24F3N3O3/c1-14(15(2)33)30-24-13-22(16(3)34)31-25(32-24)18-6-9-21-20(10-11-35-23(21)12-18)17-4-7-19(8-5-17)26(27,28)29/h4-9,12-14,20H,10-11H2,1-3H3,(H,30,31,32). The summed E-state index contributed by atoms with van der Waals surface area (Å²) in [6.07, 6.45) is -3.75. The van der Waals surface area contributed by atoms with Crippen molar-refractivity contribution in [2.45, 2.75) is 45.3 Å². The molecular weight excluding hydrogens is 459 g/mol. The molecule has 4 rings (SSSR count). The van der Waals surface area contributed by atoms with Gasteiger partial charge in [-0.2, -0.15) is 13.2 Å². The number of ether oxygens (including phenoxy) is 1. The molecule has 0 saturated carbocycles. The predicted octanol–water partition coefficient (Wildman–Crippen LogP) is 5.67. The summed E-state index contributed by atoms with van der Waals surface area (Å²) in [6, 6.07) is 11.6. The van der Waals surface area contributed by atoms with Gasteiger partial charge < -0.3 is 10.1 Å². The second-order valence-electron chi connectivity index (χ2n) is 8.56. The minimum Gasteiger partial charge on any atom is -0.493 e. The van der Waals surface area contributed by atoms with Crippen molar-refractivity contribution in [2.24, 2.45) is 0 Å². The lowest BCUT2D eigenvalue weighted by atomic mass is 9.86. The fourth-order valence-electron chi connectivity index (χ4n) is 3.93. The van der Waals surface area contributed by atoms with E-state index in [2.05, 4.69) is 15.3 Å². The highest BCUT2D eigenvalue weighted by Gasteiger charge is 2.31. The molecule has 0 aliphatic carbocycles. The number of halogens is 3. The number of Topliss-reactive ketones (excluding diaryl/α,β-unsaturated/α-hetero) is 2. The van der Waals surface area contributed by atoms with Crippen LogP contribution >= 0.6 is 0 Å². The van der Waals surface area contributed by atoms with Gasteiger partial charge in [-0.1, -0.05) is 24.3 Å². The van der Waals surface area contributed by atoms with Crippen molar-refractivity contribution in [3.05, 3.63) is 70.9 Å². The zero-order valence-corrected chi connectivity index (χ0v) is 19.4. The second-order valence-corrected chi connectivity index (χ2v) is 8.56. The van der Waals surface area contributed by atoms with Crippen LogP contribution in [0.4, 0.5) is 19.0 Å². The van der Waals surface area contributed by atoms with E-state index in [0.29, 0.717) is 36.0 Å². The Hall–Kier alpha value is -3.75. The fourth-order valence-corrected chi connectivity index (χ4v) is 3.93. The number of nitrogens with zero attached hydrogens (tertiary/aromatic N) is 2. The lowest BCUT2D eigenvalue weighted by Gasteiger charge is -2.27. The van der Waals surface area contributed by atoms with Crippen LogP contribution in [-0.2, 0) is 11.0 Å². The number of hydrogen-bond donors (Lipinski definition) is 1. The van der Waals surface area contributed by atoms with Crippen LogP contribution in [0.3, 0.4) is 0 Å². The first-order valence-electron chi connectivity index (χ1n) is 11.1. The Morgan fingerprint density at radius 2 is 1.77 bits per heavy atom. The number of ketones is 2. The average Bonchev–Trinajstić information content (AvgIpc) is 2.82. The van der Waals surface area contributed by atoms with Crippen molar-refractivity contribution in [1.29, 1.82) is 0 Å². The number of rotatable bonds is 6. The molecule has 1 aliphatic rings. The predicted molar refractivity (Wildman–Crippen MR) is 125 cm³/mol. The van der Waals surface area contributed by atoms with E-state index in [0.717, 1.165) is 23.3 Å². The lowest BCUT2D eigenvalue weighted by molar-refractivity contribution is -0.137. The van der Waals surface area contributed by atoms with E-state index in [1.165, 1.54) is 32.0 Å². The molecule has 9 heteroatoms. The van der Waals surface area contributed by atoms with Crippen molar-refractivity contribution >= 4 is 17.4 Å². The number of fused-ring (bicyclic) bond motifs is 1. The Labute approximate surface area is 200 Å². The van der Waals surface area contributed by atoms with Crippen LogP contribution in [0, 0.1) is 0 Å². The van der Waals surface area contributed by atoms with Gasteiger partial charge >= 0.3 is 6.18 Å². The van der Waals surface area contributed by atoms with Gasteiger partial charge in [0.2, 0.25) is 0 Å². The first-order valence-corrected chi connectivity index (χ1v) is 11.1. The molecule has 0 radical (unpaired) electrons. The van der Waals surface area contributed by atoms with Crippen LogP contribution in [0.2, 0.25) is 0 Å². The molecular formula is C26H24F3N3O3. The lowest BCUT2D eigenvalue weighted by Crippen LogP contribution is -2.24. The molecule has 1 aliphatic heterocycles. The van der Waals surface area contributed by atoms with Gasteiger partial charge in [0, 0.05) is 30.0 Å². The van der Waals surface area contributed by atoms with Crippen LogP contribution in [0.15, 0.2) is 48.5 Å². The van der Waals surface area contributed by atoms with E-state index in [-0.39, 0.29) is 23.2 Å². The SMILES string of the molecule is CC(=O)c1cc(NC(C)C(C)=O)nc(-c2ccc3c(c2)OCCC3c2ccc(C(F)(F)F)cc2)n1. The largest absolute Gasteiger partial charge is 0.493 e. The van der Waals surface area contributed by atoms with Crippen LogP contribution in [-0.4, -0.2) is 34.2 Å². The number of anilines is 1. The van der Waals surface area contributed by atoms with E-state index >= 15 is 0 Å². The number of hydrogen-bond acceptors (Lipinski definition) is 6. The molecule has 0 amide bonds. The summed E-state index contributed by atoms with van der Waals surface area (Å²) in [5, 5.41) is 2.99. The highest BCUT2D eigenvalue weighted by molar-refractivity contribution is 5.93. The van der Waals surface area contributed by atoms with E-state index in [9.17, 15) is 22.8 Å². The molecule has 0 spiro atoms. The summed E-state index contributed by atoms with van der Waals surface area (Å²) in [6.45, 7) is 4.96. The molecule has 35 heavy (non-hydrogen) atoms. The molecule has 182 valence electrons. The molecule has 0 fully saturated rings. The van der Waals surface area contributed by atoms with E-state index in [1.54, 1.807) is 19.1 Å². The maximum absolute atomic E-state index is 12.9. The summed E-state index contributed by atoms with van der Waals surface area (Å²) in [7, 11) is 0. The maximum Gasteiger partial charge on any atom is 0.416 e. The summed E-state index contributed by atoms with van der Waals surface area (Å²) in [5.41, 5.74) is 1.75. The quantitative estimate of drug-likeness (QED) is 0.455. The van der Waals surface area contributed by atoms with Crippen LogP contribution in [0.5, 0.6) is 5.75 Å². The molecule has 3 aromatic rings. The third-order valence-corrected chi connectivity index (χ3v) is 6.01. The maximum atomic E-state index is 12.9. The first kappa shape index (κ1) is 24.4. The zero-order valence-electron chi connectivity index (χ0n) is 19.4. The highest BCUT2D eigenvalue weighted by Crippen LogP contribution is 2.41.